The van der Waals surface area contributed by atoms with E-state index in [0.29, 0.717) is 0 Å². The molecule has 0 N–H and O–H groups in total. The first-order chi connectivity index (χ1) is 9.77. The Balaban J connectivity index is 2.25. The molecule has 0 aliphatic carbocycles. The average molecular weight is 302 g/mol. The molecule has 2 atom stereocenters. The molecule has 0 aromatic heterocycles. The van der Waals surface area contributed by atoms with Crippen molar-refractivity contribution >= 4 is 26.5 Å². The van der Waals surface area contributed by atoms with Crippen LogP contribution < -0.4 is 10.6 Å². The monoisotopic (exact) mass is 302 g/mol. The normalized spacial score (nSPS) is 15.6. The largest absolute Gasteiger partial charge is 0.0680 e. The van der Waals surface area contributed by atoms with Crippen molar-refractivity contribution in [1.82, 2.24) is 0 Å². The summed E-state index contributed by atoms with van der Waals surface area (Å²) in [5, 5.41) is 3.92. The van der Waals surface area contributed by atoms with Gasteiger partial charge in [0.05, 0.1) is 0 Å². The van der Waals surface area contributed by atoms with E-state index >= 15 is 0 Å². The highest BCUT2D eigenvalue weighted by Gasteiger charge is 2.24. The molecule has 20 heavy (non-hydrogen) atoms. The van der Waals surface area contributed by atoms with Gasteiger partial charge in [-0.1, -0.05) is 97.3 Å². The zero-order valence-electron chi connectivity index (χ0n) is 12.7. The molecule has 2 heteroatoms. The van der Waals surface area contributed by atoms with Gasteiger partial charge in [0.25, 0.3) is 0 Å². The Labute approximate surface area is 126 Å². The molecule has 2 aromatic carbocycles. The highest BCUT2D eigenvalue weighted by Crippen LogP contribution is 2.56. The fourth-order valence-corrected chi connectivity index (χ4v) is 9.62. The minimum Gasteiger partial charge on any atom is -0.0680 e. The molecule has 0 bridgehead atoms. The maximum atomic E-state index is 2.48. The van der Waals surface area contributed by atoms with E-state index in [4.69, 9.17) is 0 Å². The van der Waals surface area contributed by atoms with Gasteiger partial charge in [-0.3, -0.25) is 0 Å². The van der Waals surface area contributed by atoms with E-state index in [2.05, 4.69) is 81.4 Å². The molecule has 0 aliphatic heterocycles. The summed E-state index contributed by atoms with van der Waals surface area (Å²) in [5.41, 5.74) is 0. The SMILES string of the molecule is CCP(c1ccccc1)C(C)P(CC)c1ccccc1. The Morgan fingerprint density at radius 2 is 1.05 bits per heavy atom. The number of rotatable bonds is 6. The van der Waals surface area contributed by atoms with E-state index in [1.165, 1.54) is 12.3 Å². The molecule has 2 rings (SSSR count). The van der Waals surface area contributed by atoms with E-state index in [1.54, 1.807) is 10.6 Å². The van der Waals surface area contributed by atoms with Crippen LogP contribution in [0.4, 0.5) is 0 Å². The minimum atomic E-state index is -0.0548. The topological polar surface area (TPSA) is 0 Å². The fraction of sp³-hybridized carbons (Fsp3) is 0.333. The molecule has 0 spiro atoms. The molecule has 2 aromatic rings. The van der Waals surface area contributed by atoms with E-state index in [0.717, 1.165) is 5.40 Å². The van der Waals surface area contributed by atoms with Gasteiger partial charge in [0.1, 0.15) is 0 Å². The van der Waals surface area contributed by atoms with Crippen LogP contribution >= 0.6 is 15.8 Å². The summed E-state index contributed by atoms with van der Waals surface area (Å²) in [7, 11) is -0.110. The number of benzene rings is 2. The molecule has 0 amide bonds. The van der Waals surface area contributed by atoms with Crippen LogP contribution in [0.2, 0.25) is 0 Å². The molecular formula is C18H24P2. The van der Waals surface area contributed by atoms with Gasteiger partial charge >= 0.3 is 0 Å². The molecule has 106 valence electrons. The fourth-order valence-electron chi connectivity index (χ4n) is 2.73. The van der Waals surface area contributed by atoms with Crippen molar-refractivity contribution in [3.05, 3.63) is 60.7 Å². The van der Waals surface area contributed by atoms with Crippen molar-refractivity contribution < 1.29 is 0 Å². The van der Waals surface area contributed by atoms with Crippen LogP contribution in [0.5, 0.6) is 0 Å². The Morgan fingerprint density at radius 3 is 1.35 bits per heavy atom. The van der Waals surface area contributed by atoms with Crippen molar-refractivity contribution in [3.63, 3.8) is 0 Å². The Hall–Kier alpha value is -0.700. The average Bonchev–Trinajstić information content (AvgIpc) is 2.51. The molecular weight excluding hydrogens is 278 g/mol. The van der Waals surface area contributed by atoms with Crippen molar-refractivity contribution in [1.29, 1.82) is 0 Å². The van der Waals surface area contributed by atoms with Crippen molar-refractivity contribution in [2.45, 2.75) is 26.2 Å². The van der Waals surface area contributed by atoms with Gasteiger partial charge in [-0.2, -0.15) is 0 Å². The standard InChI is InChI=1S/C18H24P2/c1-4-19(17-12-8-6-9-13-17)16(3)20(5-2)18-14-10-7-11-15-18/h6-16H,4-5H2,1-3H3. The second-order valence-electron chi connectivity index (χ2n) is 4.87. The van der Waals surface area contributed by atoms with Crippen LogP contribution in [-0.2, 0) is 0 Å². The van der Waals surface area contributed by atoms with E-state index < -0.39 is 0 Å². The first kappa shape index (κ1) is 15.7. The molecule has 0 fully saturated rings. The second kappa shape index (κ2) is 7.92. The van der Waals surface area contributed by atoms with E-state index in [-0.39, 0.29) is 15.8 Å². The van der Waals surface area contributed by atoms with Gasteiger partial charge in [0.15, 0.2) is 0 Å². The summed E-state index contributed by atoms with van der Waals surface area (Å²) in [4.78, 5) is 0. The minimum absolute atomic E-state index is 0.0548. The second-order valence-corrected chi connectivity index (χ2v) is 11.0. The first-order valence-electron chi connectivity index (χ1n) is 7.41. The summed E-state index contributed by atoms with van der Waals surface area (Å²) < 4.78 is 0. The summed E-state index contributed by atoms with van der Waals surface area (Å²) in [6, 6.07) is 22.3. The van der Waals surface area contributed by atoms with Crippen LogP contribution in [0.3, 0.4) is 0 Å². The molecule has 0 nitrogen and oxygen atoms in total. The van der Waals surface area contributed by atoms with Crippen molar-refractivity contribution in [3.8, 4) is 0 Å². The molecule has 0 saturated heterocycles. The maximum Gasteiger partial charge on any atom is 0.00459 e. The van der Waals surface area contributed by atoms with Crippen LogP contribution in [-0.4, -0.2) is 17.7 Å². The molecule has 0 heterocycles. The Morgan fingerprint density at radius 1 is 0.700 bits per heavy atom. The van der Waals surface area contributed by atoms with Gasteiger partial charge in [-0.25, -0.2) is 0 Å². The van der Waals surface area contributed by atoms with Crippen LogP contribution in [0, 0.1) is 0 Å². The number of hydrogen-bond donors (Lipinski definition) is 0. The van der Waals surface area contributed by atoms with Crippen LogP contribution in [0.1, 0.15) is 20.8 Å². The summed E-state index contributed by atoms with van der Waals surface area (Å²) >= 11 is 0. The van der Waals surface area contributed by atoms with Gasteiger partial charge in [-0.15, -0.1) is 0 Å². The van der Waals surface area contributed by atoms with Crippen molar-refractivity contribution in [2.75, 3.05) is 12.3 Å². The Bertz CT molecular complexity index is 448. The number of hydrogen-bond acceptors (Lipinski definition) is 0. The predicted molar refractivity (Wildman–Crippen MR) is 96.5 cm³/mol. The van der Waals surface area contributed by atoms with Gasteiger partial charge in [0.2, 0.25) is 0 Å². The van der Waals surface area contributed by atoms with Gasteiger partial charge in [-0.05, 0) is 22.9 Å². The van der Waals surface area contributed by atoms with Gasteiger partial charge in [0, 0.05) is 5.40 Å². The highest BCUT2D eigenvalue weighted by atomic mass is 31.2. The zero-order valence-corrected chi connectivity index (χ0v) is 14.4. The quantitative estimate of drug-likeness (QED) is 0.660. The third-order valence-corrected chi connectivity index (χ3v) is 10.5. The first-order valence-corrected chi connectivity index (χ1v) is 10.6. The lowest BCUT2D eigenvalue weighted by Crippen LogP contribution is -2.17. The zero-order chi connectivity index (χ0) is 14.4. The molecule has 0 radical (unpaired) electrons. The molecule has 0 saturated carbocycles. The third kappa shape index (κ3) is 3.69. The Kier molecular flexibility index (Phi) is 6.21. The summed E-state index contributed by atoms with van der Waals surface area (Å²) in [6.45, 7) is 7.18. The third-order valence-electron chi connectivity index (χ3n) is 3.76. The lowest BCUT2D eigenvalue weighted by Gasteiger charge is -2.31. The van der Waals surface area contributed by atoms with Crippen LogP contribution in [0.15, 0.2) is 60.7 Å². The predicted octanol–water partition coefficient (Wildman–Crippen LogP) is 4.99. The lowest BCUT2D eigenvalue weighted by atomic mass is 10.4. The van der Waals surface area contributed by atoms with Crippen LogP contribution in [0.25, 0.3) is 0 Å². The highest BCUT2D eigenvalue weighted by molar-refractivity contribution is 7.82. The van der Waals surface area contributed by atoms with Gasteiger partial charge < -0.3 is 0 Å². The smallest absolute Gasteiger partial charge is 0.00459 e. The summed E-state index contributed by atoms with van der Waals surface area (Å²) in [5.74, 6) is 0. The van der Waals surface area contributed by atoms with E-state index in [9.17, 15) is 0 Å². The molecule has 0 aliphatic rings. The molecule has 2 unspecified atom stereocenters. The maximum absolute atomic E-state index is 2.48. The van der Waals surface area contributed by atoms with Crippen molar-refractivity contribution in [2.24, 2.45) is 0 Å². The van der Waals surface area contributed by atoms with E-state index in [1.807, 2.05) is 0 Å². The lowest BCUT2D eigenvalue weighted by molar-refractivity contribution is 1.31. The summed E-state index contributed by atoms with van der Waals surface area (Å²) in [6.07, 6.45) is 2.57.